The van der Waals surface area contributed by atoms with Crippen LogP contribution in [0.3, 0.4) is 0 Å². The standard InChI is InChI=1S/C32H47NOS.C15H25N3O2S/c1-3-5-7-8-9-10-11-12-13-14-15-16-17-18-19-20-21-23-29(34)27-32-33-30-25-24-28(22-6-4-2)26-31(30)35-32;1-5-8-18(14(19)20-15(2,3)4)10-6-7-11-12(9-10)21-13(16)17-11/h5,7,9-10,12-13,15-16,18-19,28H,3-4,6,8,11,14,17,20-27H2,1-2H3;10H,5-9H2,1-4H3,(H2,16,17)/b7-5-,10-9-,13-12-,16-15-,19-18-;/t28-;10-/m11/s1. The van der Waals surface area contributed by atoms with Gasteiger partial charge < -0.3 is 15.4 Å². The average molecular weight is 805 g/mol. The number of carbonyl (C=O) groups is 2. The van der Waals surface area contributed by atoms with Crippen molar-refractivity contribution in [3.63, 3.8) is 0 Å². The highest BCUT2D eigenvalue weighted by Gasteiger charge is 2.32. The Kier molecular flexibility index (Phi) is 22.4. The van der Waals surface area contributed by atoms with Gasteiger partial charge in [-0.05, 0) is 110 Å². The molecule has 0 unspecified atom stereocenters. The normalized spacial score (nSPS) is 17.2. The molecule has 1 amide bonds. The van der Waals surface area contributed by atoms with Gasteiger partial charge >= 0.3 is 6.09 Å². The highest BCUT2D eigenvalue weighted by Crippen LogP contribution is 2.33. The van der Waals surface area contributed by atoms with E-state index in [2.05, 4.69) is 86.5 Å². The van der Waals surface area contributed by atoms with Gasteiger partial charge in [-0.25, -0.2) is 14.8 Å². The van der Waals surface area contributed by atoms with Gasteiger partial charge in [0.15, 0.2) is 5.13 Å². The van der Waals surface area contributed by atoms with Gasteiger partial charge in [-0.3, -0.25) is 4.79 Å². The lowest BCUT2D eigenvalue weighted by molar-refractivity contribution is -0.118. The number of rotatable bonds is 21. The van der Waals surface area contributed by atoms with Crippen LogP contribution in [0, 0.1) is 5.92 Å². The first kappa shape index (κ1) is 47.1. The molecule has 7 nitrogen and oxygen atoms in total. The van der Waals surface area contributed by atoms with E-state index < -0.39 is 5.60 Å². The van der Waals surface area contributed by atoms with Gasteiger partial charge in [0.05, 0.1) is 17.8 Å². The summed E-state index contributed by atoms with van der Waals surface area (Å²) in [6.07, 6.45) is 41.3. The first-order valence-corrected chi connectivity index (χ1v) is 23.1. The minimum Gasteiger partial charge on any atom is -0.444 e. The number of fused-ring (bicyclic) bond motifs is 2. The van der Waals surface area contributed by atoms with Gasteiger partial charge in [0, 0.05) is 35.2 Å². The zero-order chi connectivity index (χ0) is 40.6. The summed E-state index contributed by atoms with van der Waals surface area (Å²) < 4.78 is 5.55. The number of ether oxygens (including phenoxy) is 1. The lowest BCUT2D eigenvalue weighted by Gasteiger charge is -2.35. The molecular formula is C47H72N4O3S2. The van der Waals surface area contributed by atoms with Crippen LogP contribution in [-0.4, -0.2) is 44.9 Å². The van der Waals surface area contributed by atoms with Crippen molar-refractivity contribution in [3.8, 4) is 0 Å². The first-order valence-electron chi connectivity index (χ1n) is 21.5. The van der Waals surface area contributed by atoms with Gasteiger partial charge in [0.25, 0.3) is 0 Å². The Morgan fingerprint density at radius 3 is 2.02 bits per heavy atom. The third kappa shape index (κ3) is 18.8. The monoisotopic (exact) mass is 805 g/mol. The van der Waals surface area contributed by atoms with Crippen LogP contribution in [0.5, 0.6) is 0 Å². The van der Waals surface area contributed by atoms with E-state index >= 15 is 0 Å². The second-order valence-corrected chi connectivity index (χ2v) is 18.3. The van der Waals surface area contributed by atoms with Gasteiger partial charge in [0.1, 0.15) is 16.4 Å². The second-order valence-electron chi connectivity index (χ2n) is 16.0. The molecule has 2 heterocycles. The van der Waals surface area contributed by atoms with E-state index in [0.717, 1.165) is 100 Å². The van der Waals surface area contributed by atoms with Crippen molar-refractivity contribution in [1.29, 1.82) is 0 Å². The number of hydrogen-bond acceptors (Lipinski definition) is 8. The summed E-state index contributed by atoms with van der Waals surface area (Å²) in [5.74, 6) is 1.17. The number of aromatic nitrogens is 2. The molecule has 0 aromatic carbocycles. The molecule has 2 N–H and O–H groups in total. The van der Waals surface area contributed by atoms with Crippen LogP contribution in [-0.2, 0) is 41.6 Å². The number of hydrogen-bond donors (Lipinski definition) is 1. The maximum Gasteiger partial charge on any atom is 0.410 e. The number of Topliss-reactive ketones (excluding diaryl/α,β-unsaturated/α-hetero) is 1. The lowest BCUT2D eigenvalue weighted by Crippen LogP contribution is -2.46. The maximum atomic E-state index is 12.4. The number of nitrogen functional groups attached to an aromatic ring is 1. The molecule has 2 atom stereocenters. The second kappa shape index (κ2) is 26.6. The van der Waals surface area contributed by atoms with Crippen molar-refractivity contribution in [3.05, 3.63) is 86.9 Å². The minimum atomic E-state index is -0.460. The summed E-state index contributed by atoms with van der Waals surface area (Å²) in [5, 5.41) is 1.67. The molecule has 0 spiro atoms. The molecule has 0 aliphatic heterocycles. The van der Waals surface area contributed by atoms with Gasteiger partial charge in [-0.1, -0.05) is 101 Å². The lowest BCUT2D eigenvalue weighted by atomic mass is 9.87. The number of allylic oxidation sites excluding steroid dienone is 10. The quantitative estimate of drug-likeness (QED) is 0.0996. The third-order valence-corrected chi connectivity index (χ3v) is 11.9. The van der Waals surface area contributed by atoms with E-state index in [-0.39, 0.29) is 12.1 Å². The summed E-state index contributed by atoms with van der Waals surface area (Å²) in [5.41, 5.74) is 7.71. The van der Waals surface area contributed by atoms with Crippen molar-refractivity contribution >= 4 is 39.7 Å². The first-order chi connectivity index (χ1) is 27.0. The largest absolute Gasteiger partial charge is 0.444 e. The van der Waals surface area contributed by atoms with E-state index in [1.54, 1.807) is 22.7 Å². The number of anilines is 1. The molecule has 0 saturated carbocycles. The summed E-state index contributed by atoms with van der Waals surface area (Å²) >= 11 is 3.34. The average Bonchev–Trinajstić information content (AvgIpc) is 3.74. The highest BCUT2D eigenvalue weighted by atomic mass is 32.1. The fourth-order valence-electron chi connectivity index (χ4n) is 6.98. The Bertz CT molecular complexity index is 1590. The Labute approximate surface area is 347 Å². The minimum absolute atomic E-state index is 0.187. The van der Waals surface area contributed by atoms with Crippen molar-refractivity contribution in [1.82, 2.24) is 14.9 Å². The zero-order valence-corrected chi connectivity index (χ0v) is 37.2. The van der Waals surface area contributed by atoms with Crippen LogP contribution in [0.4, 0.5) is 9.93 Å². The molecule has 2 aliphatic carbocycles. The highest BCUT2D eigenvalue weighted by molar-refractivity contribution is 7.15. The predicted octanol–water partition coefficient (Wildman–Crippen LogP) is 12.7. The van der Waals surface area contributed by atoms with Crippen LogP contribution in [0.25, 0.3) is 0 Å². The van der Waals surface area contributed by atoms with E-state index in [0.29, 0.717) is 23.8 Å². The van der Waals surface area contributed by atoms with Crippen molar-refractivity contribution in [2.45, 2.75) is 175 Å². The van der Waals surface area contributed by atoms with Crippen molar-refractivity contribution in [2.24, 2.45) is 5.92 Å². The Balaban J connectivity index is 0.000000340. The van der Waals surface area contributed by atoms with Crippen LogP contribution in [0.15, 0.2) is 60.8 Å². The molecule has 2 aromatic rings. The van der Waals surface area contributed by atoms with E-state index in [4.69, 9.17) is 15.5 Å². The number of nitrogens with two attached hydrogens (primary N) is 1. The number of nitrogens with zero attached hydrogens (tertiary/aromatic N) is 3. The molecule has 0 fully saturated rings. The van der Waals surface area contributed by atoms with Gasteiger partial charge in [0.2, 0.25) is 0 Å². The smallest absolute Gasteiger partial charge is 0.410 e. The number of unbranched alkanes of at least 4 members (excludes halogenated alkanes) is 2. The SMILES string of the molecule is CC/C=C\C/C=C\C/C=C\C/C=C\C/C=C\CCCC(=O)Cc1nc2c(s1)C[C@H](CCCC)CC2.CCCN(C(=O)OC(C)(C)C)[C@@H]1CCc2nc(N)sc2C1. The fourth-order valence-corrected chi connectivity index (χ4v) is 9.19. The molecule has 0 bridgehead atoms. The van der Waals surface area contributed by atoms with Crippen LogP contribution >= 0.6 is 22.7 Å². The topological polar surface area (TPSA) is 98.4 Å². The predicted molar refractivity (Wildman–Crippen MR) is 240 cm³/mol. The zero-order valence-electron chi connectivity index (χ0n) is 35.5. The van der Waals surface area contributed by atoms with Gasteiger partial charge in [-0.2, -0.15) is 0 Å². The molecule has 4 rings (SSSR count). The number of thiazole rings is 2. The molecule has 2 aliphatic rings. The molecule has 310 valence electrons. The summed E-state index contributed by atoms with van der Waals surface area (Å²) in [6, 6.07) is 0.187. The Hall–Kier alpha value is -3.30. The third-order valence-electron chi connectivity index (χ3n) is 9.85. The maximum absolute atomic E-state index is 12.4. The number of aryl methyl sites for hydroxylation is 2. The number of carbonyl (C=O) groups excluding carboxylic acids is 2. The summed E-state index contributed by atoms with van der Waals surface area (Å²) in [4.78, 5) is 38.5. The van der Waals surface area contributed by atoms with Crippen LogP contribution < -0.4 is 5.73 Å². The molecule has 9 heteroatoms. The summed E-state index contributed by atoms with van der Waals surface area (Å²) in [6.45, 7) is 12.9. The summed E-state index contributed by atoms with van der Waals surface area (Å²) in [7, 11) is 0. The van der Waals surface area contributed by atoms with Crippen molar-refractivity contribution in [2.75, 3.05) is 12.3 Å². The van der Waals surface area contributed by atoms with Gasteiger partial charge in [-0.15, -0.1) is 22.7 Å². The number of amides is 1. The van der Waals surface area contributed by atoms with E-state index in [1.165, 1.54) is 47.6 Å². The number of ketones is 1. The van der Waals surface area contributed by atoms with Crippen LogP contribution in [0.2, 0.25) is 0 Å². The van der Waals surface area contributed by atoms with E-state index in [1.807, 2.05) is 25.7 Å². The van der Waals surface area contributed by atoms with Crippen LogP contribution in [0.1, 0.15) is 158 Å². The molecule has 2 aromatic heterocycles. The molecule has 0 saturated heterocycles. The molecule has 0 radical (unpaired) electrons. The molecular weight excluding hydrogens is 733 g/mol. The Morgan fingerprint density at radius 1 is 0.786 bits per heavy atom. The fraction of sp³-hybridized carbons (Fsp3) is 0.617. The van der Waals surface area contributed by atoms with E-state index in [9.17, 15) is 9.59 Å². The Morgan fingerprint density at radius 2 is 1.39 bits per heavy atom. The molecule has 56 heavy (non-hydrogen) atoms. The van der Waals surface area contributed by atoms with Crippen molar-refractivity contribution < 1.29 is 14.3 Å².